The smallest absolute Gasteiger partial charge is 0.243 e. The van der Waals surface area contributed by atoms with E-state index in [0.717, 1.165) is 15.8 Å². The van der Waals surface area contributed by atoms with E-state index >= 15 is 0 Å². The molecule has 0 aromatic heterocycles. The van der Waals surface area contributed by atoms with Crippen LogP contribution in [-0.2, 0) is 16.1 Å². The molecule has 1 aliphatic rings. The van der Waals surface area contributed by atoms with E-state index in [-0.39, 0.29) is 24.4 Å². The van der Waals surface area contributed by atoms with Gasteiger partial charge < -0.3 is 4.74 Å². The standard InChI is InChI=1S/C13H15BrN2O3/c1-8-13(18)15-12(17)7-16(8)6-9-5-10(14)3-4-11(9)19-2/h3-5,8H,6-7H2,1-2H3,(H,15,17,18). The number of carbonyl (C=O) groups excluding carboxylic acids is 2. The van der Waals surface area contributed by atoms with Crippen LogP contribution >= 0.6 is 15.9 Å². The molecule has 2 rings (SSSR count). The topological polar surface area (TPSA) is 58.6 Å². The van der Waals surface area contributed by atoms with Crippen molar-refractivity contribution in [1.82, 2.24) is 10.2 Å². The van der Waals surface area contributed by atoms with Gasteiger partial charge in [-0.3, -0.25) is 19.8 Å². The van der Waals surface area contributed by atoms with E-state index in [2.05, 4.69) is 21.2 Å². The molecule has 19 heavy (non-hydrogen) atoms. The Labute approximate surface area is 120 Å². The lowest BCUT2D eigenvalue weighted by Crippen LogP contribution is -2.56. The van der Waals surface area contributed by atoms with Crippen molar-refractivity contribution in [3.05, 3.63) is 28.2 Å². The molecule has 6 heteroatoms. The van der Waals surface area contributed by atoms with Crippen LogP contribution in [0.25, 0.3) is 0 Å². The van der Waals surface area contributed by atoms with Crippen molar-refractivity contribution >= 4 is 27.7 Å². The fraction of sp³-hybridized carbons (Fsp3) is 0.385. The van der Waals surface area contributed by atoms with E-state index < -0.39 is 0 Å². The highest BCUT2D eigenvalue weighted by molar-refractivity contribution is 9.10. The van der Waals surface area contributed by atoms with Crippen molar-refractivity contribution in [3.63, 3.8) is 0 Å². The zero-order valence-electron chi connectivity index (χ0n) is 10.8. The lowest BCUT2D eigenvalue weighted by molar-refractivity contribution is -0.139. The van der Waals surface area contributed by atoms with E-state index in [0.29, 0.717) is 6.54 Å². The van der Waals surface area contributed by atoms with Gasteiger partial charge in [0.15, 0.2) is 0 Å². The zero-order chi connectivity index (χ0) is 14.0. The lowest BCUT2D eigenvalue weighted by Gasteiger charge is -2.31. The summed E-state index contributed by atoms with van der Waals surface area (Å²) in [6.45, 7) is 2.48. The Morgan fingerprint density at radius 1 is 1.47 bits per heavy atom. The van der Waals surface area contributed by atoms with Gasteiger partial charge in [0.1, 0.15) is 5.75 Å². The highest BCUT2D eigenvalue weighted by atomic mass is 79.9. The number of rotatable bonds is 3. The van der Waals surface area contributed by atoms with Crippen molar-refractivity contribution < 1.29 is 14.3 Å². The Hall–Kier alpha value is -1.40. The molecule has 0 saturated carbocycles. The number of hydrogen-bond acceptors (Lipinski definition) is 4. The molecular formula is C13H15BrN2O3. The number of imide groups is 1. The average Bonchev–Trinajstić information content (AvgIpc) is 2.35. The first-order valence-electron chi connectivity index (χ1n) is 5.91. The minimum Gasteiger partial charge on any atom is -0.496 e. The summed E-state index contributed by atoms with van der Waals surface area (Å²) in [7, 11) is 1.60. The molecule has 1 aromatic carbocycles. The minimum atomic E-state index is -0.332. The number of nitrogens with one attached hydrogen (secondary N) is 1. The molecule has 1 saturated heterocycles. The van der Waals surface area contributed by atoms with Crippen LogP contribution in [0.15, 0.2) is 22.7 Å². The van der Waals surface area contributed by atoms with Crippen LogP contribution < -0.4 is 10.1 Å². The fourth-order valence-corrected chi connectivity index (χ4v) is 2.46. The van der Waals surface area contributed by atoms with Crippen molar-refractivity contribution in [2.24, 2.45) is 0 Å². The molecule has 1 unspecified atom stereocenters. The first-order valence-corrected chi connectivity index (χ1v) is 6.70. The van der Waals surface area contributed by atoms with E-state index in [4.69, 9.17) is 4.74 Å². The average molecular weight is 327 g/mol. The molecule has 1 aliphatic heterocycles. The largest absolute Gasteiger partial charge is 0.496 e. The van der Waals surface area contributed by atoms with Crippen molar-refractivity contribution in [1.29, 1.82) is 0 Å². The molecule has 2 amide bonds. The molecular weight excluding hydrogens is 312 g/mol. The second-order valence-electron chi connectivity index (χ2n) is 4.45. The SMILES string of the molecule is COc1ccc(Br)cc1CN1CC(=O)NC(=O)C1C. The number of halogens is 1. The molecule has 1 N–H and O–H groups in total. The molecule has 0 aliphatic carbocycles. The maximum atomic E-state index is 11.6. The van der Waals surface area contributed by atoms with Gasteiger partial charge in [0.25, 0.3) is 0 Å². The van der Waals surface area contributed by atoms with Gasteiger partial charge in [0.05, 0.1) is 19.7 Å². The van der Waals surface area contributed by atoms with Gasteiger partial charge in [-0.1, -0.05) is 15.9 Å². The number of piperazine rings is 1. The Kier molecular flexibility index (Phi) is 4.21. The predicted molar refractivity (Wildman–Crippen MR) is 73.7 cm³/mol. The van der Waals surface area contributed by atoms with Crippen LogP contribution in [0.5, 0.6) is 5.75 Å². The summed E-state index contributed by atoms with van der Waals surface area (Å²) < 4.78 is 6.23. The van der Waals surface area contributed by atoms with Gasteiger partial charge in [-0.05, 0) is 25.1 Å². The number of benzene rings is 1. The van der Waals surface area contributed by atoms with Crippen molar-refractivity contribution in [3.8, 4) is 5.75 Å². The van der Waals surface area contributed by atoms with Gasteiger partial charge >= 0.3 is 0 Å². The quantitative estimate of drug-likeness (QED) is 0.851. The number of amides is 2. The van der Waals surface area contributed by atoms with E-state index in [1.165, 1.54) is 0 Å². The van der Waals surface area contributed by atoms with Gasteiger partial charge in [-0.15, -0.1) is 0 Å². The number of methoxy groups -OCH3 is 1. The van der Waals surface area contributed by atoms with Crippen LogP contribution in [0.2, 0.25) is 0 Å². The monoisotopic (exact) mass is 326 g/mol. The Morgan fingerprint density at radius 3 is 2.89 bits per heavy atom. The Morgan fingerprint density at radius 2 is 2.21 bits per heavy atom. The van der Waals surface area contributed by atoms with Crippen LogP contribution in [0.4, 0.5) is 0 Å². The summed E-state index contributed by atoms with van der Waals surface area (Å²) in [5.74, 6) is 0.219. The summed E-state index contributed by atoms with van der Waals surface area (Å²) >= 11 is 3.41. The zero-order valence-corrected chi connectivity index (χ0v) is 12.4. The molecule has 0 spiro atoms. The second-order valence-corrected chi connectivity index (χ2v) is 5.37. The third kappa shape index (κ3) is 3.13. The maximum Gasteiger partial charge on any atom is 0.243 e. The predicted octanol–water partition coefficient (Wildman–Crippen LogP) is 1.30. The summed E-state index contributed by atoms with van der Waals surface area (Å²) in [6.07, 6.45) is 0. The molecule has 1 heterocycles. The molecule has 1 atom stereocenters. The third-order valence-electron chi connectivity index (χ3n) is 3.15. The summed E-state index contributed by atoms with van der Waals surface area (Å²) in [4.78, 5) is 24.9. The first-order chi connectivity index (χ1) is 9.01. The number of hydrogen-bond donors (Lipinski definition) is 1. The normalized spacial score (nSPS) is 20.3. The van der Waals surface area contributed by atoms with Crippen molar-refractivity contribution in [2.75, 3.05) is 13.7 Å². The molecule has 1 fully saturated rings. The third-order valence-corrected chi connectivity index (χ3v) is 3.65. The second kappa shape index (κ2) is 5.71. The lowest BCUT2D eigenvalue weighted by atomic mass is 10.1. The summed E-state index contributed by atoms with van der Waals surface area (Å²) in [6, 6.07) is 5.35. The molecule has 102 valence electrons. The van der Waals surface area contributed by atoms with E-state index in [1.807, 2.05) is 23.1 Å². The highest BCUT2D eigenvalue weighted by Crippen LogP contribution is 2.25. The highest BCUT2D eigenvalue weighted by Gasteiger charge is 2.30. The maximum absolute atomic E-state index is 11.6. The van der Waals surface area contributed by atoms with E-state index in [9.17, 15) is 9.59 Å². The van der Waals surface area contributed by atoms with Gasteiger partial charge in [0, 0.05) is 16.6 Å². The fourth-order valence-electron chi connectivity index (χ4n) is 2.05. The molecule has 5 nitrogen and oxygen atoms in total. The first kappa shape index (κ1) is 14.0. The van der Waals surface area contributed by atoms with Crippen LogP contribution in [0.3, 0.4) is 0 Å². The molecule has 1 aromatic rings. The van der Waals surface area contributed by atoms with E-state index in [1.54, 1.807) is 14.0 Å². The van der Waals surface area contributed by atoms with Crippen LogP contribution in [0, 0.1) is 0 Å². The van der Waals surface area contributed by atoms with Gasteiger partial charge in [-0.2, -0.15) is 0 Å². The minimum absolute atomic E-state index is 0.211. The number of ether oxygens (including phenoxy) is 1. The van der Waals surface area contributed by atoms with Crippen molar-refractivity contribution in [2.45, 2.75) is 19.5 Å². The number of nitrogens with zero attached hydrogens (tertiary/aromatic N) is 1. The van der Waals surface area contributed by atoms with Crippen LogP contribution in [-0.4, -0.2) is 36.4 Å². The summed E-state index contributed by atoms with van der Waals surface area (Å²) in [5, 5.41) is 2.32. The van der Waals surface area contributed by atoms with Gasteiger partial charge in [0.2, 0.25) is 11.8 Å². The molecule has 0 radical (unpaired) electrons. The number of carbonyl (C=O) groups is 2. The molecule has 0 bridgehead atoms. The summed E-state index contributed by atoms with van der Waals surface area (Å²) in [5.41, 5.74) is 0.936. The Bertz CT molecular complexity index is 519. The Balaban J connectivity index is 2.22. The van der Waals surface area contributed by atoms with Crippen LogP contribution in [0.1, 0.15) is 12.5 Å². The van der Waals surface area contributed by atoms with Gasteiger partial charge in [-0.25, -0.2) is 0 Å².